The highest BCUT2D eigenvalue weighted by atomic mass is 14.4. The molecular formula is C16H20. The van der Waals surface area contributed by atoms with Gasteiger partial charge in [0, 0.05) is 5.41 Å². The van der Waals surface area contributed by atoms with Crippen LogP contribution in [0.3, 0.4) is 0 Å². The van der Waals surface area contributed by atoms with Crippen LogP contribution in [-0.4, -0.2) is 0 Å². The molecule has 2 rings (SSSR count). The first-order valence-corrected chi connectivity index (χ1v) is 6.03. The minimum absolute atomic E-state index is 0.163. The lowest BCUT2D eigenvalue weighted by Crippen LogP contribution is -2.12. The second-order valence-electron chi connectivity index (χ2n) is 4.98. The first kappa shape index (κ1) is 11.2. The van der Waals surface area contributed by atoms with Gasteiger partial charge >= 0.3 is 0 Å². The highest BCUT2D eigenvalue weighted by Gasteiger charge is 2.38. The molecule has 0 N–H and O–H groups in total. The van der Waals surface area contributed by atoms with Gasteiger partial charge in [-0.25, -0.2) is 0 Å². The first-order chi connectivity index (χ1) is 7.62. The maximum Gasteiger partial charge on any atom is 0.0152 e. The molecule has 84 valence electrons. The van der Waals surface area contributed by atoms with Gasteiger partial charge in [-0.05, 0) is 42.1 Å². The molecule has 0 spiro atoms. The summed E-state index contributed by atoms with van der Waals surface area (Å²) in [6, 6.07) is 0. The zero-order chi connectivity index (χ0) is 11.8. The molecule has 0 aromatic heterocycles. The average molecular weight is 212 g/mol. The van der Waals surface area contributed by atoms with Crippen LogP contribution in [0.2, 0.25) is 0 Å². The van der Waals surface area contributed by atoms with Crippen molar-refractivity contribution in [2.24, 2.45) is 5.41 Å². The smallest absolute Gasteiger partial charge is 0.0152 e. The van der Waals surface area contributed by atoms with E-state index in [1.165, 1.54) is 35.1 Å². The van der Waals surface area contributed by atoms with E-state index in [4.69, 9.17) is 0 Å². The second kappa shape index (κ2) is 3.93. The Kier molecular flexibility index (Phi) is 2.75. The summed E-state index contributed by atoms with van der Waals surface area (Å²) in [5.41, 5.74) is 6.04. The van der Waals surface area contributed by atoms with E-state index < -0.39 is 0 Å². The molecule has 0 atom stereocenters. The lowest BCUT2D eigenvalue weighted by Gasteiger charge is -2.24. The van der Waals surface area contributed by atoms with E-state index in [9.17, 15) is 0 Å². The van der Waals surface area contributed by atoms with Crippen LogP contribution in [0.4, 0.5) is 0 Å². The normalized spacial score (nSPS) is 27.7. The maximum absolute atomic E-state index is 3.83. The van der Waals surface area contributed by atoms with E-state index in [1.54, 1.807) is 0 Å². The third-order valence-corrected chi connectivity index (χ3v) is 3.71. The summed E-state index contributed by atoms with van der Waals surface area (Å²) in [5.74, 6) is 0. The molecule has 2 aliphatic carbocycles. The van der Waals surface area contributed by atoms with E-state index in [0.29, 0.717) is 0 Å². The van der Waals surface area contributed by atoms with Crippen molar-refractivity contribution in [3.8, 4) is 0 Å². The molecule has 0 heterocycles. The summed E-state index contributed by atoms with van der Waals surface area (Å²) in [6.07, 6.45) is 13.3. The Morgan fingerprint density at radius 3 is 2.75 bits per heavy atom. The Balaban J connectivity index is 2.64. The van der Waals surface area contributed by atoms with Gasteiger partial charge in [0.05, 0.1) is 0 Å². The number of allylic oxidation sites excluding steroid dienone is 9. The fourth-order valence-electron chi connectivity index (χ4n) is 3.00. The van der Waals surface area contributed by atoms with Crippen LogP contribution >= 0.6 is 0 Å². The average Bonchev–Trinajstić information content (AvgIpc) is 2.49. The Hall–Kier alpha value is -1.30. The molecule has 0 aromatic rings. The van der Waals surface area contributed by atoms with Crippen molar-refractivity contribution in [2.75, 3.05) is 0 Å². The third kappa shape index (κ3) is 1.44. The standard InChI is InChI=1S/C16H20/c1-5-9-12-13-10-7-8-11-15(13)16(3,4)14(12)6-2/h5-6,8-9,11H,1,7,10H2,2-4H3/b12-9-,14-6+. The molecule has 0 nitrogen and oxygen atoms in total. The minimum atomic E-state index is 0.163. The van der Waals surface area contributed by atoms with Crippen LogP contribution in [0.25, 0.3) is 0 Å². The number of hydrogen-bond donors (Lipinski definition) is 0. The zero-order valence-electron chi connectivity index (χ0n) is 10.5. The molecule has 16 heavy (non-hydrogen) atoms. The monoisotopic (exact) mass is 212 g/mol. The highest BCUT2D eigenvalue weighted by Crippen LogP contribution is 2.52. The van der Waals surface area contributed by atoms with Gasteiger partial charge in [-0.3, -0.25) is 0 Å². The molecule has 0 unspecified atom stereocenters. The van der Waals surface area contributed by atoms with Gasteiger partial charge in [0.15, 0.2) is 0 Å². The fraction of sp³-hybridized carbons (Fsp3) is 0.375. The molecular weight excluding hydrogens is 192 g/mol. The minimum Gasteiger partial charge on any atom is -0.0990 e. The van der Waals surface area contributed by atoms with Gasteiger partial charge in [0.25, 0.3) is 0 Å². The van der Waals surface area contributed by atoms with Crippen LogP contribution in [-0.2, 0) is 0 Å². The zero-order valence-corrected chi connectivity index (χ0v) is 10.5. The second-order valence-corrected chi connectivity index (χ2v) is 4.98. The van der Waals surface area contributed by atoms with Crippen molar-refractivity contribution < 1.29 is 0 Å². The van der Waals surface area contributed by atoms with Crippen molar-refractivity contribution in [3.05, 3.63) is 59.3 Å². The van der Waals surface area contributed by atoms with E-state index in [2.05, 4.69) is 51.7 Å². The van der Waals surface area contributed by atoms with Crippen molar-refractivity contribution in [1.29, 1.82) is 0 Å². The summed E-state index contributed by atoms with van der Waals surface area (Å²) in [7, 11) is 0. The molecule has 0 aliphatic heterocycles. The van der Waals surface area contributed by atoms with Crippen LogP contribution in [0, 0.1) is 5.41 Å². The molecule has 0 aromatic carbocycles. The van der Waals surface area contributed by atoms with Crippen molar-refractivity contribution in [1.82, 2.24) is 0 Å². The quantitative estimate of drug-likeness (QED) is 0.589. The maximum atomic E-state index is 3.83. The number of rotatable bonds is 1. The Bertz CT molecular complexity index is 437. The molecule has 0 radical (unpaired) electrons. The number of hydrogen-bond acceptors (Lipinski definition) is 0. The van der Waals surface area contributed by atoms with Crippen LogP contribution in [0.15, 0.2) is 59.3 Å². The van der Waals surface area contributed by atoms with E-state index >= 15 is 0 Å². The topological polar surface area (TPSA) is 0 Å². The third-order valence-electron chi connectivity index (χ3n) is 3.71. The first-order valence-electron chi connectivity index (χ1n) is 6.03. The summed E-state index contributed by atoms with van der Waals surface area (Å²) >= 11 is 0. The molecule has 0 heteroatoms. The molecule has 2 aliphatic rings. The summed E-state index contributed by atoms with van der Waals surface area (Å²) in [5, 5.41) is 0. The van der Waals surface area contributed by atoms with Gasteiger partial charge in [0.1, 0.15) is 0 Å². The fourth-order valence-corrected chi connectivity index (χ4v) is 3.00. The molecule has 0 saturated heterocycles. The van der Waals surface area contributed by atoms with E-state index in [0.717, 1.165) is 0 Å². The van der Waals surface area contributed by atoms with Gasteiger partial charge < -0.3 is 0 Å². The van der Waals surface area contributed by atoms with Gasteiger partial charge in [-0.1, -0.05) is 50.8 Å². The largest absolute Gasteiger partial charge is 0.0990 e. The SMILES string of the molecule is C=C/C=C1/C2=C(C=CCC2)C(C)(C)/C1=C/C. The van der Waals surface area contributed by atoms with Gasteiger partial charge in [-0.2, -0.15) is 0 Å². The van der Waals surface area contributed by atoms with Crippen molar-refractivity contribution in [3.63, 3.8) is 0 Å². The van der Waals surface area contributed by atoms with Crippen LogP contribution in [0.1, 0.15) is 33.6 Å². The predicted molar refractivity (Wildman–Crippen MR) is 71.2 cm³/mol. The van der Waals surface area contributed by atoms with Crippen molar-refractivity contribution in [2.45, 2.75) is 33.6 Å². The van der Waals surface area contributed by atoms with Gasteiger partial charge in [0.2, 0.25) is 0 Å². The lowest BCUT2D eigenvalue weighted by atomic mass is 9.80. The Labute approximate surface area is 98.8 Å². The predicted octanol–water partition coefficient (Wildman–Crippen LogP) is 4.73. The summed E-state index contributed by atoms with van der Waals surface area (Å²) in [4.78, 5) is 0. The molecule has 0 saturated carbocycles. The molecule has 0 bridgehead atoms. The Morgan fingerprint density at radius 1 is 1.38 bits per heavy atom. The van der Waals surface area contributed by atoms with Gasteiger partial charge in [-0.15, -0.1) is 0 Å². The van der Waals surface area contributed by atoms with E-state index in [1.807, 2.05) is 6.08 Å². The van der Waals surface area contributed by atoms with Crippen LogP contribution < -0.4 is 0 Å². The molecule has 0 amide bonds. The summed E-state index contributed by atoms with van der Waals surface area (Å²) in [6.45, 7) is 10.6. The lowest BCUT2D eigenvalue weighted by molar-refractivity contribution is 0.574. The van der Waals surface area contributed by atoms with E-state index in [-0.39, 0.29) is 5.41 Å². The van der Waals surface area contributed by atoms with Crippen molar-refractivity contribution >= 4 is 0 Å². The highest BCUT2D eigenvalue weighted by molar-refractivity contribution is 5.65. The molecule has 0 fully saturated rings. The Morgan fingerprint density at radius 2 is 2.12 bits per heavy atom. The summed E-state index contributed by atoms with van der Waals surface area (Å²) < 4.78 is 0. The van der Waals surface area contributed by atoms with Crippen LogP contribution in [0.5, 0.6) is 0 Å².